The Bertz CT molecular complexity index is 715. The number of ether oxygens (including phenoxy) is 1. The molecule has 2 rings (SSSR count). The summed E-state index contributed by atoms with van der Waals surface area (Å²) < 4.78 is 41.1. The second-order valence-corrected chi connectivity index (χ2v) is 5.19. The van der Waals surface area contributed by atoms with Gasteiger partial charge in [-0.05, 0) is 40.8 Å². The number of nitriles is 1. The van der Waals surface area contributed by atoms with Gasteiger partial charge >= 0.3 is 6.36 Å². The summed E-state index contributed by atoms with van der Waals surface area (Å²) in [7, 11) is 0. The predicted molar refractivity (Wildman–Crippen MR) is 77.4 cm³/mol. The molecule has 0 aromatic heterocycles. The Morgan fingerprint density at radius 1 is 1.05 bits per heavy atom. The van der Waals surface area contributed by atoms with Crippen LogP contribution in [0.15, 0.2) is 42.5 Å². The summed E-state index contributed by atoms with van der Waals surface area (Å²) >= 11 is 0. The van der Waals surface area contributed by atoms with Crippen LogP contribution < -0.4 is 4.74 Å². The molecule has 22 heavy (non-hydrogen) atoms. The van der Waals surface area contributed by atoms with Gasteiger partial charge in [0.05, 0.1) is 11.6 Å². The summed E-state index contributed by atoms with van der Waals surface area (Å²) in [6.45, 7) is 4.06. The number of halogens is 3. The average molecular weight is 305 g/mol. The first-order valence-electron chi connectivity index (χ1n) is 6.70. The summed E-state index contributed by atoms with van der Waals surface area (Å²) in [5.74, 6) is -0.0958. The lowest BCUT2D eigenvalue weighted by molar-refractivity contribution is -0.274. The highest BCUT2D eigenvalue weighted by Crippen LogP contribution is 2.31. The molecule has 2 aromatic carbocycles. The van der Waals surface area contributed by atoms with E-state index in [-0.39, 0.29) is 5.56 Å². The van der Waals surface area contributed by atoms with Crippen LogP contribution in [-0.2, 0) is 0 Å². The molecule has 0 saturated carbocycles. The van der Waals surface area contributed by atoms with Crippen molar-refractivity contribution in [2.24, 2.45) is 0 Å². The zero-order chi connectivity index (χ0) is 16.3. The highest BCUT2D eigenvalue weighted by Gasteiger charge is 2.31. The fraction of sp³-hybridized carbons (Fsp3) is 0.235. The summed E-state index contributed by atoms with van der Waals surface area (Å²) in [5, 5.41) is 8.99. The van der Waals surface area contributed by atoms with Crippen molar-refractivity contribution in [3.8, 4) is 22.9 Å². The van der Waals surface area contributed by atoms with Crippen LogP contribution in [0.3, 0.4) is 0 Å². The highest BCUT2D eigenvalue weighted by atomic mass is 19.4. The van der Waals surface area contributed by atoms with Gasteiger partial charge in [-0.1, -0.05) is 38.1 Å². The zero-order valence-electron chi connectivity index (χ0n) is 12.1. The van der Waals surface area contributed by atoms with Gasteiger partial charge in [0.1, 0.15) is 5.75 Å². The van der Waals surface area contributed by atoms with Gasteiger partial charge in [-0.15, -0.1) is 13.2 Å². The normalized spacial score (nSPS) is 11.3. The van der Waals surface area contributed by atoms with Gasteiger partial charge < -0.3 is 4.74 Å². The van der Waals surface area contributed by atoms with E-state index in [1.165, 1.54) is 6.07 Å². The Morgan fingerprint density at radius 2 is 1.77 bits per heavy atom. The summed E-state index contributed by atoms with van der Waals surface area (Å²) in [6, 6.07) is 13.2. The third-order valence-electron chi connectivity index (χ3n) is 3.16. The molecule has 5 heteroatoms. The lowest BCUT2D eigenvalue weighted by Gasteiger charge is -2.12. The minimum atomic E-state index is -4.79. The number of hydrogen-bond donors (Lipinski definition) is 0. The van der Waals surface area contributed by atoms with Gasteiger partial charge in [-0.25, -0.2) is 0 Å². The highest BCUT2D eigenvalue weighted by molar-refractivity contribution is 5.68. The van der Waals surface area contributed by atoms with Gasteiger partial charge in [0.25, 0.3) is 0 Å². The first-order valence-corrected chi connectivity index (χ1v) is 6.70. The molecule has 0 N–H and O–H groups in total. The lowest BCUT2D eigenvalue weighted by Crippen LogP contribution is -2.17. The molecule has 0 amide bonds. The SMILES string of the molecule is CC(C)c1cccc(-c2cc(C#N)cc(OC(F)(F)F)c2)c1. The maximum atomic E-state index is 12.4. The van der Waals surface area contributed by atoms with Crippen LogP contribution in [0.1, 0.15) is 30.9 Å². The van der Waals surface area contributed by atoms with Gasteiger partial charge in [-0.3, -0.25) is 0 Å². The Hall–Kier alpha value is -2.48. The van der Waals surface area contributed by atoms with Crippen molar-refractivity contribution in [3.05, 3.63) is 53.6 Å². The Balaban J connectivity index is 2.49. The van der Waals surface area contributed by atoms with Crippen LogP contribution in [-0.4, -0.2) is 6.36 Å². The van der Waals surface area contributed by atoms with Crippen LogP contribution >= 0.6 is 0 Å². The number of benzene rings is 2. The molecule has 2 nitrogen and oxygen atoms in total. The van der Waals surface area contributed by atoms with E-state index >= 15 is 0 Å². The van der Waals surface area contributed by atoms with Crippen molar-refractivity contribution < 1.29 is 17.9 Å². The van der Waals surface area contributed by atoms with Gasteiger partial charge in [0.2, 0.25) is 0 Å². The third-order valence-corrected chi connectivity index (χ3v) is 3.16. The summed E-state index contributed by atoms with van der Waals surface area (Å²) in [6.07, 6.45) is -4.79. The first-order chi connectivity index (χ1) is 10.3. The molecule has 0 aliphatic heterocycles. The van der Waals surface area contributed by atoms with Crippen molar-refractivity contribution >= 4 is 0 Å². The van der Waals surface area contributed by atoms with E-state index in [1.807, 2.05) is 38.1 Å². The van der Waals surface area contributed by atoms with Crippen LogP contribution in [0.25, 0.3) is 11.1 Å². The smallest absolute Gasteiger partial charge is 0.406 e. The zero-order valence-corrected chi connectivity index (χ0v) is 12.1. The van der Waals surface area contributed by atoms with E-state index in [4.69, 9.17) is 5.26 Å². The van der Waals surface area contributed by atoms with E-state index in [0.29, 0.717) is 11.5 Å². The van der Waals surface area contributed by atoms with Crippen molar-refractivity contribution in [1.29, 1.82) is 5.26 Å². The molecule has 0 fully saturated rings. The molecule has 2 aromatic rings. The lowest BCUT2D eigenvalue weighted by atomic mass is 9.96. The molecule has 0 atom stereocenters. The second kappa shape index (κ2) is 6.10. The second-order valence-electron chi connectivity index (χ2n) is 5.19. The van der Waals surface area contributed by atoms with Crippen molar-refractivity contribution in [2.45, 2.75) is 26.1 Å². The topological polar surface area (TPSA) is 33.0 Å². The Labute approximate surface area is 126 Å². The standard InChI is InChI=1S/C17H14F3NO/c1-11(2)13-4-3-5-14(8-13)15-6-12(10-21)7-16(9-15)22-17(18,19)20/h3-9,11H,1-2H3. The van der Waals surface area contributed by atoms with Crippen LogP contribution in [0.4, 0.5) is 13.2 Å². The van der Waals surface area contributed by atoms with Gasteiger partial charge in [0.15, 0.2) is 0 Å². The molecular weight excluding hydrogens is 291 g/mol. The fourth-order valence-corrected chi connectivity index (χ4v) is 2.10. The average Bonchev–Trinajstić information content (AvgIpc) is 2.45. The fourth-order valence-electron chi connectivity index (χ4n) is 2.10. The molecule has 0 unspecified atom stereocenters. The van der Waals surface area contributed by atoms with Crippen molar-refractivity contribution in [2.75, 3.05) is 0 Å². The molecule has 0 saturated heterocycles. The maximum absolute atomic E-state index is 12.4. The van der Waals surface area contributed by atoms with Crippen molar-refractivity contribution in [1.82, 2.24) is 0 Å². The van der Waals surface area contributed by atoms with E-state index < -0.39 is 12.1 Å². The van der Waals surface area contributed by atoms with E-state index in [0.717, 1.165) is 17.2 Å². The molecule has 0 aliphatic rings. The van der Waals surface area contributed by atoms with E-state index in [1.54, 1.807) is 12.1 Å². The molecule has 0 spiro atoms. The van der Waals surface area contributed by atoms with E-state index in [2.05, 4.69) is 4.74 Å². The molecule has 0 heterocycles. The number of nitrogens with zero attached hydrogens (tertiary/aromatic N) is 1. The van der Waals surface area contributed by atoms with Gasteiger partial charge in [-0.2, -0.15) is 5.26 Å². The number of rotatable bonds is 3. The largest absolute Gasteiger partial charge is 0.573 e. The number of alkyl halides is 3. The van der Waals surface area contributed by atoms with Gasteiger partial charge in [0, 0.05) is 0 Å². The van der Waals surface area contributed by atoms with Crippen molar-refractivity contribution in [3.63, 3.8) is 0 Å². The van der Waals surface area contributed by atoms with Crippen LogP contribution in [0, 0.1) is 11.3 Å². The Morgan fingerprint density at radius 3 is 2.36 bits per heavy atom. The summed E-state index contributed by atoms with van der Waals surface area (Å²) in [5.41, 5.74) is 2.45. The quantitative estimate of drug-likeness (QED) is 0.776. The minimum absolute atomic E-state index is 0.117. The van der Waals surface area contributed by atoms with Crippen LogP contribution in [0.5, 0.6) is 5.75 Å². The van der Waals surface area contributed by atoms with E-state index in [9.17, 15) is 13.2 Å². The molecule has 0 radical (unpaired) electrons. The predicted octanol–water partition coefficient (Wildman–Crippen LogP) is 5.25. The summed E-state index contributed by atoms with van der Waals surface area (Å²) in [4.78, 5) is 0. The number of hydrogen-bond acceptors (Lipinski definition) is 2. The Kier molecular flexibility index (Phi) is 4.41. The first kappa shape index (κ1) is 15.9. The maximum Gasteiger partial charge on any atom is 0.573 e. The minimum Gasteiger partial charge on any atom is -0.406 e. The van der Waals surface area contributed by atoms with Crippen LogP contribution in [0.2, 0.25) is 0 Å². The molecule has 114 valence electrons. The monoisotopic (exact) mass is 305 g/mol. The molecular formula is C17H14F3NO. The third kappa shape index (κ3) is 4.01. The molecule has 0 aliphatic carbocycles. The molecule has 0 bridgehead atoms.